The lowest BCUT2D eigenvalue weighted by Crippen LogP contribution is -2.50. The van der Waals surface area contributed by atoms with Crippen molar-refractivity contribution in [3.8, 4) is 0 Å². The van der Waals surface area contributed by atoms with Crippen LogP contribution in [0.3, 0.4) is 0 Å². The fraction of sp³-hybridized carbons (Fsp3) is 1.00. The van der Waals surface area contributed by atoms with E-state index in [1.807, 2.05) is 13.8 Å². The largest absolute Gasteiger partial charge is 0.390 e. The average molecular weight is 250 g/mol. The highest BCUT2D eigenvalue weighted by molar-refractivity contribution is 4.82. The zero-order valence-corrected chi connectivity index (χ0v) is 10.3. The predicted molar refractivity (Wildman–Crippen MR) is 59.4 cm³/mol. The molecule has 1 aliphatic heterocycles. The lowest BCUT2D eigenvalue weighted by molar-refractivity contribution is -0.243. The molecule has 17 heavy (non-hydrogen) atoms. The van der Waals surface area contributed by atoms with Crippen molar-refractivity contribution in [3.63, 3.8) is 0 Å². The van der Waals surface area contributed by atoms with E-state index in [2.05, 4.69) is 0 Å². The molecule has 0 aromatic carbocycles. The summed E-state index contributed by atoms with van der Waals surface area (Å²) in [5.41, 5.74) is 0. The molecule has 1 heterocycles. The molecule has 0 aromatic rings. The quantitative estimate of drug-likeness (QED) is 0.538. The molecule has 3 N–H and O–H groups in total. The van der Waals surface area contributed by atoms with E-state index in [9.17, 15) is 15.3 Å². The van der Waals surface area contributed by atoms with Crippen molar-refractivity contribution in [1.82, 2.24) is 0 Å². The molecule has 1 unspecified atom stereocenters. The summed E-state index contributed by atoms with van der Waals surface area (Å²) in [6.45, 7) is 4.83. The molecule has 0 amide bonds. The van der Waals surface area contributed by atoms with E-state index in [4.69, 9.17) is 14.2 Å². The zero-order valence-electron chi connectivity index (χ0n) is 10.3. The van der Waals surface area contributed by atoms with Gasteiger partial charge in [0.2, 0.25) is 0 Å². The molecule has 0 radical (unpaired) electrons. The van der Waals surface area contributed by atoms with E-state index in [0.717, 1.165) is 0 Å². The highest BCUT2D eigenvalue weighted by Gasteiger charge is 2.35. The van der Waals surface area contributed by atoms with Crippen LogP contribution in [0, 0.1) is 0 Å². The monoisotopic (exact) mass is 250 g/mol. The first kappa shape index (κ1) is 14.8. The number of hydrogen-bond acceptors (Lipinski definition) is 6. The minimum Gasteiger partial charge on any atom is -0.390 e. The molecule has 0 aliphatic carbocycles. The Morgan fingerprint density at radius 3 is 2.59 bits per heavy atom. The van der Waals surface area contributed by atoms with Crippen LogP contribution in [0.25, 0.3) is 0 Å². The second kappa shape index (κ2) is 7.25. The first-order valence-corrected chi connectivity index (χ1v) is 5.89. The number of hydrogen-bond donors (Lipinski definition) is 3. The highest BCUT2D eigenvalue weighted by atomic mass is 16.6. The average Bonchev–Trinajstić information content (AvgIpc) is 2.23. The zero-order chi connectivity index (χ0) is 12.8. The van der Waals surface area contributed by atoms with Crippen LogP contribution in [0.4, 0.5) is 0 Å². The molecule has 6 nitrogen and oxygen atoms in total. The van der Waals surface area contributed by atoms with Crippen LogP contribution in [0.5, 0.6) is 0 Å². The third kappa shape index (κ3) is 5.29. The summed E-state index contributed by atoms with van der Waals surface area (Å²) in [7, 11) is 0. The fourth-order valence-corrected chi connectivity index (χ4v) is 1.61. The first-order chi connectivity index (χ1) is 8.00. The molecule has 102 valence electrons. The Hall–Kier alpha value is -0.240. The van der Waals surface area contributed by atoms with E-state index in [-0.39, 0.29) is 19.1 Å². The summed E-state index contributed by atoms with van der Waals surface area (Å²) >= 11 is 0. The summed E-state index contributed by atoms with van der Waals surface area (Å²) in [6, 6.07) is 0. The van der Waals surface area contributed by atoms with Gasteiger partial charge < -0.3 is 29.5 Å². The van der Waals surface area contributed by atoms with Crippen molar-refractivity contribution >= 4 is 0 Å². The number of aliphatic hydroxyl groups excluding tert-OH is 3. The molecular weight excluding hydrogens is 228 g/mol. The molecule has 0 saturated carbocycles. The minimum absolute atomic E-state index is 0.0220. The maximum atomic E-state index is 9.60. The normalized spacial score (nSPS) is 34.2. The van der Waals surface area contributed by atoms with E-state index in [0.29, 0.717) is 13.2 Å². The van der Waals surface area contributed by atoms with Gasteiger partial charge in [0.25, 0.3) is 0 Å². The number of aliphatic hydroxyl groups is 3. The smallest absolute Gasteiger partial charge is 0.157 e. The molecule has 0 bridgehead atoms. The Morgan fingerprint density at radius 2 is 1.94 bits per heavy atom. The summed E-state index contributed by atoms with van der Waals surface area (Å²) in [6.07, 6.45) is -3.57. The van der Waals surface area contributed by atoms with Crippen molar-refractivity contribution in [1.29, 1.82) is 0 Å². The summed E-state index contributed by atoms with van der Waals surface area (Å²) in [5, 5.41) is 28.3. The van der Waals surface area contributed by atoms with Gasteiger partial charge in [-0.2, -0.15) is 0 Å². The highest BCUT2D eigenvalue weighted by Crippen LogP contribution is 2.19. The van der Waals surface area contributed by atoms with E-state index >= 15 is 0 Å². The Balaban J connectivity index is 2.17. The number of rotatable bonds is 6. The van der Waals surface area contributed by atoms with Crippen LogP contribution >= 0.6 is 0 Å². The van der Waals surface area contributed by atoms with Gasteiger partial charge in [-0.1, -0.05) is 0 Å². The van der Waals surface area contributed by atoms with E-state index < -0.39 is 24.6 Å². The fourth-order valence-electron chi connectivity index (χ4n) is 1.61. The van der Waals surface area contributed by atoms with Crippen molar-refractivity contribution < 1.29 is 29.5 Å². The summed E-state index contributed by atoms with van der Waals surface area (Å²) in [4.78, 5) is 0. The molecule has 1 aliphatic rings. The van der Waals surface area contributed by atoms with Gasteiger partial charge in [-0.25, -0.2) is 0 Å². The van der Waals surface area contributed by atoms with Crippen LogP contribution in [-0.4, -0.2) is 65.8 Å². The SMILES string of the molecule is CC(C)OCCOC[C@H]1OC(O)C[C@@H](O)[C@H]1O. The molecule has 6 heteroatoms. The molecule has 0 aromatic heterocycles. The predicted octanol–water partition coefficient (Wildman–Crippen LogP) is -0.743. The lowest BCUT2D eigenvalue weighted by Gasteiger charge is -2.34. The van der Waals surface area contributed by atoms with E-state index in [1.165, 1.54) is 0 Å². The van der Waals surface area contributed by atoms with Crippen molar-refractivity contribution in [2.45, 2.75) is 51.0 Å². The maximum absolute atomic E-state index is 9.60. The van der Waals surface area contributed by atoms with Gasteiger partial charge in [-0.05, 0) is 13.8 Å². The molecule has 1 saturated heterocycles. The van der Waals surface area contributed by atoms with Crippen LogP contribution in [0.15, 0.2) is 0 Å². The molecule has 1 rings (SSSR count). The second-order valence-corrected chi connectivity index (χ2v) is 4.42. The number of ether oxygens (including phenoxy) is 3. The van der Waals surface area contributed by atoms with Gasteiger partial charge in [-0.3, -0.25) is 0 Å². The van der Waals surface area contributed by atoms with Gasteiger partial charge in [0.05, 0.1) is 32.0 Å². The molecule has 0 spiro atoms. The van der Waals surface area contributed by atoms with Gasteiger partial charge in [0.1, 0.15) is 12.2 Å². The Kier molecular flexibility index (Phi) is 6.32. The van der Waals surface area contributed by atoms with Gasteiger partial charge in [0, 0.05) is 6.42 Å². The topological polar surface area (TPSA) is 88.4 Å². The third-order valence-electron chi connectivity index (χ3n) is 2.51. The van der Waals surface area contributed by atoms with Gasteiger partial charge in [0.15, 0.2) is 6.29 Å². The third-order valence-corrected chi connectivity index (χ3v) is 2.51. The van der Waals surface area contributed by atoms with Gasteiger partial charge >= 0.3 is 0 Å². The first-order valence-electron chi connectivity index (χ1n) is 5.89. The molecular formula is C11H22O6. The Labute approximate surface area is 101 Å². The lowest BCUT2D eigenvalue weighted by atomic mass is 10.0. The van der Waals surface area contributed by atoms with Gasteiger partial charge in [-0.15, -0.1) is 0 Å². The Bertz CT molecular complexity index is 210. The summed E-state index contributed by atoms with van der Waals surface area (Å²) < 4.78 is 15.6. The van der Waals surface area contributed by atoms with Crippen LogP contribution < -0.4 is 0 Å². The van der Waals surface area contributed by atoms with Crippen LogP contribution in [0.1, 0.15) is 20.3 Å². The Morgan fingerprint density at radius 1 is 1.24 bits per heavy atom. The summed E-state index contributed by atoms with van der Waals surface area (Å²) in [5.74, 6) is 0. The maximum Gasteiger partial charge on any atom is 0.157 e. The van der Waals surface area contributed by atoms with E-state index in [1.54, 1.807) is 0 Å². The van der Waals surface area contributed by atoms with Crippen LogP contribution in [0.2, 0.25) is 0 Å². The molecule has 4 atom stereocenters. The van der Waals surface area contributed by atoms with Crippen LogP contribution in [-0.2, 0) is 14.2 Å². The molecule has 1 fully saturated rings. The minimum atomic E-state index is -1.05. The second-order valence-electron chi connectivity index (χ2n) is 4.42. The van der Waals surface area contributed by atoms with Crippen molar-refractivity contribution in [2.24, 2.45) is 0 Å². The van der Waals surface area contributed by atoms with Crippen molar-refractivity contribution in [3.05, 3.63) is 0 Å². The standard InChI is InChI=1S/C11H22O6/c1-7(2)16-4-3-15-6-9-11(14)8(12)5-10(13)17-9/h7-14H,3-6H2,1-2H3/t8-,9-,10?,11-/m1/s1. The van der Waals surface area contributed by atoms with Crippen molar-refractivity contribution in [2.75, 3.05) is 19.8 Å².